The molecule has 4 rings (SSSR count). The van der Waals surface area contributed by atoms with Gasteiger partial charge in [0.15, 0.2) is 0 Å². The van der Waals surface area contributed by atoms with E-state index in [2.05, 4.69) is 34.5 Å². The maximum absolute atomic E-state index is 13.5. The van der Waals surface area contributed by atoms with E-state index in [9.17, 15) is 13.2 Å². The van der Waals surface area contributed by atoms with E-state index in [4.69, 9.17) is 0 Å². The van der Waals surface area contributed by atoms with Gasteiger partial charge in [0.1, 0.15) is 0 Å². The second kappa shape index (κ2) is 12.1. The molecule has 0 bridgehead atoms. The number of hydrogen-bond acceptors (Lipinski definition) is 5. The van der Waals surface area contributed by atoms with Crippen LogP contribution in [0.2, 0.25) is 0 Å². The first-order valence-corrected chi connectivity index (χ1v) is 14.3. The molecule has 2 fully saturated rings. The van der Waals surface area contributed by atoms with Crippen LogP contribution in [0, 0.1) is 6.92 Å². The smallest absolute Gasteiger partial charge is 0.227 e. The van der Waals surface area contributed by atoms with Crippen molar-refractivity contribution < 1.29 is 13.2 Å². The fourth-order valence-electron chi connectivity index (χ4n) is 4.99. The minimum absolute atomic E-state index is 0.0170. The zero-order chi connectivity index (χ0) is 24.7. The van der Waals surface area contributed by atoms with Gasteiger partial charge in [-0.05, 0) is 30.9 Å². The third kappa shape index (κ3) is 7.36. The average Bonchev–Trinajstić information content (AvgIpc) is 2.87. The van der Waals surface area contributed by atoms with Gasteiger partial charge < -0.3 is 10.2 Å². The van der Waals surface area contributed by atoms with Gasteiger partial charge in [-0.25, -0.2) is 8.42 Å². The van der Waals surface area contributed by atoms with Crippen molar-refractivity contribution in [3.63, 3.8) is 0 Å². The molecule has 0 atom stereocenters. The summed E-state index contributed by atoms with van der Waals surface area (Å²) in [7, 11) is -3.39. The summed E-state index contributed by atoms with van der Waals surface area (Å²) >= 11 is 0. The van der Waals surface area contributed by atoms with Crippen LogP contribution in [0.25, 0.3) is 0 Å². The SMILES string of the molecule is Cc1ccc(CC(=O)N(CCS(=O)(=O)N2CCNCC2)C2CCN(Cc3ccccc3)CC2)cc1. The Balaban J connectivity index is 1.41. The number of carbonyl (C=O) groups is 1. The number of carbonyl (C=O) groups excluding carboxylic acids is 1. The molecule has 1 N–H and O–H groups in total. The number of nitrogens with zero attached hydrogens (tertiary/aromatic N) is 3. The maximum atomic E-state index is 13.5. The second-order valence-corrected chi connectivity index (χ2v) is 11.8. The lowest BCUT2D eigenvalue weighted by Gasteiger charge is -2.39. The molecule has 8 heteroatoms. The number of piperazine rings is 1. The van der Waals surface area contributed by atoms with E-state index in [1.165, 1.54) is 5.56 Å². The molecule has 2 aliphatic heterocycles. The van der Waals surface area contributed by atoms with E-state index in [-0.39, 0.29) is 24.2 Å². The molecule has 2 heterocycles. The number of piperidine rings is 1. The van der Waals surface area contributed by atoms with Gasteiger partial charge in [-0.15, -0.1) is 0 Å². The average molecular weight is 499 g/mol. The standard InChI is InChI=1S/C27H38N4O3S/c1-23-7-9-24(10-8-23)21-27(32)31(19-20-35(33,34)30-17-13-28-14-18-30)26-11-15-29(16-12-26)22-25-5-3-2-4-6-25/h2-10,26,28H,11-22H2,1H3. The molecule has 0 saturated carbocycles. The van der Waals surface area contributed by atoms with E-state index >= 15 is 0 Å². The largest absolute Gasteiger partial charge is 0.338 e. The van der Waals surface area contributed by atoms with E-state index < -0.39 is 10.0 Å². The van der Waals surface area contributed by atoms with Crippen molar-refractivity contribution in [2.24, 2.45) is 0 Å². The van der Waals surface area contributed by atoms with Crippen LogP contribution < -0.4 is 5.32 Å². The van der Waals surface area contributed by atoms with Crippen LogP contribution in [0.3, 0.4) is 0 Å². The molecule has 0 unspecified atom stereocenters. The molecule has 0 radical (unpaired) electrons. The topological polar surface area (TPSA) is 73.0 Å². The number of likely N-dealkylation sites (tertiary alicyclic amines) is 1. The van der Waals surface area contributed by atoms with Crippen LogP contribution in [0.15, 0.2) is 54.6 Å². The Morgan fingerprint density at radius 2 is 1.60 bits per heavy atom. The molecule has 0 spiro atoms. The third-order valence-electron chi connectivity index (χ3n) is 7.10. The lowest BCUT2D eigenvalue weighted by atomic mass is 10.0. The Kier molecular flexibility index (Phi) is 8.94. The van der Waals surface area contributed by atoms with Gasteiger partial charge in [0.2, 0.25) is 15.9 Å². The second-order valence-electron chi connectivity index (χ2n) is 9.71. The zero-order valence-electron chi connectivity index (χ0n) is 20.7. The summed E-state index contributed by atoms with van der Waals surface area (Å²) in [6, 6.07) is 18.5. The summed E-state index contributed by atoms with van der Waals surface area (Å²) in [6.45, 7) is 7.33. The molecule has 7 nitrogen and oxygen atoms in total. The highest BCUT2D eigenvalue weighted by atomic mass is 32.2. The molecule has 2 aromatic rings. The lowest BCUT2D eigenvalue weighted by molar-refractivity contribution is -0.133. The van der Waals surface area contributed by atoms with Crippen LogP contribution >= 0.6 is 0 Å². The van der Waals surface area contributed by atoms with Crippen molar-refractivity contribution in [3.8, 4) is 0 Å². The van der Waals surface area contributed by atoms with Gasteiger partial charge in [-0.3, -0.25) is 9.69 Å². The zero-order valence-corrected chi connectivity index (χ0v) is 21.5. The van der Waals surface area contributed by atoms with Crippen molar-refractivity contribution in [3.05, 3.63) is 71.3 Å². The summed E-state index contributed by atoms with van der Waals surface area (Å²) in [5.74, 6) is 0.00233. The first-order chi connectivity index (χ1) is 16.9. The van der Waals surface area contributed by atoms with Crippen LogP contribution in [0.5, 0.6) is 0 Å². The van der Waals surface area contributed by atoms with Crippen molar-refractivity contribution in [2.75, 3.05) is 51.6 Å². The van der Waals surface area contributed by atoms with Gasteiger partial charge in [0.25, 0.3) is 0 Å². The number of rotatable bonds is 9. The predicted molar refractivity (Wildman–Crippen MR) is 140 cm³/mol. The minimum atomic E-state index is -3.39. The molecule has 2 aliphatic rings. The van der Waals surface area contributed by atoms with Gasteiger partial charge in [-0.2, -0.15) is 4.31 Å². The Morgan fingerprint density at radius 3 is 2.26 bits per heavy atom. The molecular weight excluding hydrogens is 460 g/mol. The molecule has 0 aromatic heterocycles. The van der Waals surface area contributed by atoms with Crippen molar-refractivity contribution in [1.29, 1.82) is 0 Å². The lowest BCUT2D eigenvalue weighted by Crippen LogP contribution is -2.51. The van der Waals surface area contributed by atoms with Crippen molar-refractivity contribution >= 4 is 15.9 Å². The Bertz CT molecular complexity index is 1050. The number of benzene rings is 2. The molecule has 2 saturated heterocycles. The number of aryl methyl sites for hydroxylation is 1. The van der Waals surface area contributed by atoms with Gasteiger partial charge >= 0.3 is 0 Å². The highest BCUT2D eigenvalue weighted by Crippen LogP contribution is 2.20. The molecule has 35 heavy (non-hydrogen) atoms. The minimum Gasteiger partial charge on any atom is -0.338 e. The summed E-state index contributed by atoms with van der Waals surface area (Å²) in [5.41, 5.74) is 3.42. The van der Waals surface area contributed by atoms with E-state index in [0.29, 0.717) is 32.6 Å². The Labute approximate surface area is 210 Å². The first-order valence-electron chi connectivity index (χ1n) is 12.7. The maximum Gasteiger partial charge on any atom is 0.227 e. The highest BCUT2D eigenvalue weighted by Gasteiger charge is 2.31. The van der Waals surface area contributed by atoms with Crippen molar-refractivity contribution in [1.82, 2.24) is 19.4 Å². The van der Waals surface area contributed by atoms with Crippen molar-refractivity contribution in [2.45, 2.75) is 38.8 Å². The predicted octanol–water partition coefficient (Wildman–Crippen LogP) is 2.27. The summed E-state index contributed by atoms with van der Waals surface area (Å²) in [6.07, 6.45) is 2.03. The monoisotopic (exact) mass is 498 g/mol. The quantitative estimate of drug-likeness (QED) is 0.574. The number of sulfonamides is 1. The van der Waals surface area contributed by atoms with Gasteiger partial charge in [0.05, 0.1) is 12.2 Å². The summed E-state index contributed by atoms with van der Waals surface area (Å²) in [4.78, 5) is 17.7. The first kappa shape index (κ1) is 25.8. The van der Waals surface area contributed by atoms with Crippen LogP contribution in [-0.4, -0.2) is 86.0 Å². The van der Waals surface area contributed by atoms with Crippen LogP contribution in [0.1, 0.15) is 29.5 Å². The number of hydrogen-bond donors (Lipinski definition) is 1. The van der Waals surface area contributed by atoms with E-state index in [1.807, 2.05) is 42.2 Å². The van der Waals surface area contributed by atoms with Gasteiger partial charge in [-0.1, -0.05) is 60.2 Å². The molecule has 190 valence electrons. The normalized spacial score (nSPS) is 18.4. The Morgan fingerprint density at radius 1 is 0.943 bits per heavy atom. The number of amides is 1. The fourth-order valence-corrected chi connectivity index (χ4v) is 6.41. The summed E-state index contributed by atoms with van der Waals surface area (Å²) < 4.78 is 27.6. The van der Waals surface area contributed by atoms with E-state index in [0.717, 1.165) is 43.6 Å². The molecular formula is C27H38N4O3S. The summed E-state index contributed by atoms with van der Waals surface area (Å²) in [5, 5.41) is 3.20. The highest BCUT2D eigenvalue weighted by molar-refractivity contribution is 7.89. The Hall–Kier alpha value is -2.26. The van der Waals surface area contributed by atoms with Gasteiger partial charge in [0, 0.05) is 58.4 Å². The van der Waals surface area contributed by atoms with E-state index in [1.54, 1.807) is 4.31 Å². The molecule has 1 amide bonds. The molecule has 0 aliphatic carbocycles. The third-order valence-corrected chi connectivity index (χ3v) is 8.95. The van der Waals surface area contributed by atoms with Crippen LogP contribution in [-0.2, 0) is 27.8 Å². The molecule has 2 aromatic carbocycles. The van der Waals surface area contributed by atoms with Crippen LogP contribution in [0.4, 0.5) is 0 Å². The fraction of sp³-hybridized carbons (Fsp3) is 0.519. The number of nitrogens with one attached hydrogen (secondary N) is 1.